The van der Waals surface area contributed by atoms with Crippen molar-refractivity contribution in [1.29, 1.82) is 0 Å². The van der Waals surface area contributed by atoms with E-state index in [1.54, 1.807) is 18.2 Å². The largest absolute Gasteiger partial charge is 0.506 e. The van der Waals surface area contributed by atoms with Crippen LogP contribution in [0, 0.1) is 6.92 Å². The van der Waals surface area contributed by atoms with Gasteiger partial charge in [-0.25, -0.2) is 4.98 Å². The normalized spacial score (nSPS) is 11.0. The Morgan fingerprint density at radius 2 is 1.80 bits per heavy atom. The fourth-order valence-corrected chi connectivity index (χ4v) is 3.82. The maximum atomic E-state index is 10.0. The number of nitrogens with one attached hydrogen (secondary N) is 1. The maximum Gasteiger partial charge on any atom is 0.225 e. The first-order chi connectivity index (χ1) is 12.1. The summed E-state index contributed by atoms with van der Waals surface area (Å²) < 4.78 is 0. The molecule has 0 unspecified atom stereocenters. The monoisotopic (exact) mass is 367 g/mol. The van der Waals surface area contributed by atoms with Gasteiger partial charge >= 0.3 is 0 Å². The van der Waals surface area contributed by atoms with Gasteiger partial charge in [0.05, 0.1) is 11.1 Å². The van der Waals surface area contributed by atoms with E-state index in [9.17, 15) is 5.11 Å². The quantitative estimate of drug-likeness (QED) is 0.356. The van der Waals surface area contributed by atoms with E-state index in [1.165, 1.54) is 16.9 Å². The van der Waals surface area contributed by atoms with Crippen LogP contribution in [0.25, 0.3) is 21.3 Å². The number of aromatic hydroxyl groups is 1. The maximum absolute atomic E-state index is 10.0. The second-order valence-electron chi connectivity index (χ2n) is 5.68. The van der Waals surface area contributed by atoms with Crippen LogP contribution in [-0.4, -0.2) is 15.1 Å². The van der Waals surface area contributed by atoms with Gasteiger partial charge < -0.3 is 10.4 Å². The average molecular weight is 368 g/mol. The van der Waals surface area contributed by atoms with Gasteiger partial charge in [-0.1, -0.05) is 42.0 Å². The van der Waals surface area contributed by atoms with Crippen molar-refractivity contribution in [2.24, 2.45) is 0 Å². The summed E-state index contributed by atoms with van der Waals surface area (Å²) >= 11 is 7.61. The lowest BCUT2D eigenvalue weighted by Crippen LogP contribution is -1.97. The zero-order valence-corrected chi connectivity index (χ0v) is 14.9. The summed E-state index contributed by atoms with van der Waals surface area (Å²) in [4.78, 5) is 9.49. The topological polar surface area (TPSA) is 58.0 Å². The predicted octanol–water partition coefficient (Wildman–Crippen LogP) is 5.77. The van der Waals surface area contributed by atoms with Crippen LogP contribution in [0.3, 0.4) is 0 Å². The Balaban J connectivity index is 1.89. The molecule has 0 amide bonds. The Morgan fingerprint density at radius 3 is 2.56 bits per heavy atom. The van der Waals surface area contributed by atoms with Crippen molar-refractivity contribution < 1.29 is 5.11 Å². The second-order valence-corrected chi connectivity index (χ2v) is 6.88. The van der Waals surface area contributed by atoms with Gasteiger partial charge in [-0.05, 0) is 36.2 Å². The molecule has 4 nitrogen and oxygen atoms in total. The highest BCUT2D eigenvalue weighted by Gasteiger charge is 2.16. The summed E-state index contributed by atoms with van der Waals surface area (Å²) in [7, 11) is 0. The highest BCUT2D eigenvalue weighted by molar-refractivity contribution is 7.17. The van der Waals surface area contributed by atoms with Gasteiger partial charge in [-0.3, -0.25) is 0 Å². The fourth-order valence-electron chi connectivity index (χ4n) is 2.66. The third-order valence-electron chi connectivity index (χ3n) is 3.93. The van der Waals surface area contributed by atoms with Gasteiger partial charge in [0.1, 0.15) is 16.4 Å². The number of hydrogen-bond donors (Lipinski definition) is 2. The first-order valence-corrected chi connectivity index (χ1v) is 8.94. The predicted molar refractivity (Wildman–Crippen MR) is 104 cm³/mol. The van der Waals surface area contributed by atoms with Crippen molar-refractivity contribution in [3.8, 4) is 16.9 Å². The molecular weight excluding hydrogens is 354 g/mol. The summed E-state index contributed by atoms with van der Waals surface area (Å²) in [6, 6.07) is 15.3. The SMILES string of the molecule is Cc1ccc(-c2csc3nc(Cl)nc(Nc4ccccc4O)c23)cc1. The van der Waals surface area contributed by atoms with Gasteiger partial charge in [0.2, 0.25) is 5.28 Å². The minimum absolute atomic E-state index is 0.150. The first kappa shape index (κ1) is 15.9. The molecule has 0 aliphatic rings. The Bertz CT molecular complexity index is 1060. The van der Waals surface area contributed by atoms with E-state index in [0.29, 0.717) is 11.5 Å². The van der Waals surface area contributed by atoms with Crippen molar-refractivity contribution in [2.75, 3.05) is 5.32 Å². The van der Waals surface area contributed by atoms with Crippen molar-refractivity contribution >= 4 is 44.7 Å². The molecule has 0 aliphatic heterocycles. The lowest BCUT2D eigenvalue weighted by Gasteiger charge is -2.10. The van der Waals surface area contributed by atoms with Crippen LogP contribution in [0.2, 0.25) is 5.28 Å². The van der Waals surface area contributed by atoms with Crippen molar-refractivity contribution in [3.05, 3.63) is 64.8 Å². The third kappa shape index (κ3) is 3.04. The molecule has 0 spiro atoms. The number of phenols is 1. The number of nitrogens with zero attached hydrogens (tertiary/aromatic N) is 2. The number of aryl methyl sites for hydroxylation is 1. The van der Waals surface area contributed by atoms with E-state index in [-0.39, 0.29) is 11.0 Å². The minimum atomic E-state index is 0.150. The van der Waals surface area contributed by atoms with Crippen LogP contribution in [0.1, 0.15) is 5.56 Å². The number of fused-ring (bicyclic) bond motifs is 1. The van der Waals surface area contributed by atoms with Crippen LogP contribution in [0.4, 0.5) is 11.5 Å². The number of benzene rings is 2. The fraction of sp³-hybridized carbons (Fsp3) is 0.0526. The highest BCUT2D eigenvalue weighted by atomic mass is 35.5. The number of anilines is 2. The summed E-state index contributed by atoms with van der Waals surface area (Å²) in [6.45, 7) is 2.06. The number of para-hydroxylation sites is 2. The lowest BCUT2D eigenvalue weighted by atomic mass is 10.0. The number of phenolic OH excluding ortho intramolecular Hbond substituents is 1. The van der Waals surface area contributed by atoms with Crippen LogP contribution in [0.5, 0.6) is 5.75 Å². The number of halogens is 1. The first-order valence-electron chi connectivity index (χ1n) is 7.68. The molecular formula is C19H14ClN3OS. The molecule has 0 aliphatic carbocycles. The van der Waals surface area contributed by atoms with Crippen LogP contribution < -0.4 is 5.32 Å². The number of hydrogen-bond acceptors (Lipinski definition) is 5. The van der Waals surface area contributed by atoms with Crippen molar-refractivity contribution in [3.63, 3.8) is 0 Å². The van der Waals surface area contributed by atoms with E-state index < -0.39 is 0 Å². The van der Waals surface area contributed by atoms with Crippen molar-refractivity contribution in [2.45, 2.75) is 6.92 Å². The molecule has 0 radical (unpaired) electrons. The Hall–Kier alpha value is -2.63. The van der Waals surface area contributed by atoms with Gasteiger partial charge in [-0.15, -0.1) is 11.3 Å². The van der Waals surface area contributed by atoms with Crippen molar-refractivity contribution in [1.82, 2.24) is 9.97 Å². The molecule has 0 saturated heterocycles. The van der Waals surface area contributed by atoms with Gasteiger partial charge in [0.15, 0.2) is 0 Å². The number of rotatable bonds is 3. The molecule has 124 valence electrons. The molecule has 25 heavy (non-hydrogen) atoms. The van der Waals surface area contributed by atoms with E-state index in [4.69, 9.17) is 11.6 Å². The van der Waals surface area contributed by atoms with E-state index >= 15 is 0 Å². The Kier molecular flexibility index (Phi) is 4.03. The van der Waals surface area contributed by atoms with Crippen LogP contribution >= 0.6 is 22.9 Å². The summed E-state index contributed by atoms with van der Waals surface area (Å²) in [6.07, 6.45) is 0. The van der Waals surface area contributed by atoms with Gasteiger partial charge in [0, 0.05) is 10.9 Å². The smallest absolute Gasteiger partial charge is 0.225 e. The molecule has 0 saturated carbocycles. The third-order valence-corrected chi connectivity index (χ3v) is 4.97. The number of thiophene rings is 1. The Labute approximate surface area is 153 Å². The molecule has 4 rings (SSSR count). The molecule has 6 heteroatoms. The molecule has 2 N–H and O–H groups in total. The minimum Gasteiger partial charge on any atom is -0.506 e. The average Bonchev–Trinajstić information content (AvgIpc) is 3.01. The molecule has 2 heterocycles. The zero-order valence-electron chi connectivity index (χ0n) is 13.3. The summed E-state index contributed by atoms with van der Waals surface area (Å²) in [5, 5.41) is 16.3. The van der Waals surface area contributed by atoms with Gasteiger partial charge in [-0.2, -0.15) is 4.98 Å². The Morgan fingerprint density at radius 1 is 1.04 bits per heavy atom. The van der Waals surface area contributed by atoms with Crippen LogP contribution in [-0.2, 0) is 0 Å². The van der Waals surface area contributed by atoms with E-state index in [0.717, 1.165) is 21.3 Å². The zero-order chi connectivity index (χ0) is 17.4. The lowest BCUT2D eigenvalue weighted by molar-refractivity contribution is 0.478. The number of aromatic nitrogens is 2. The molecule has 2 aromatic carbocycles. The van der Waals surface area contributed by atoms with E-state index in [1.807, 2.05) is 6.07 Å². The molecule has 0 atom stereocenters. The molecule has 0 bridgehead atoms. The second kappa shape index (κ2) is 6.35. The van der Waals surface area contributed by atoms with Gasteiger partial charge in [0.25, 0.3) is 0 Å². The standard InChI is InChI=1S/C19H14ClN3OS/c1-11-6-8-12(9-7-11)13-10-25-18-16(13)17(22-19(20)23-18)21-14-4-2-3-5-15(14)24/h2-10,24H,1H3,(H,21,22,23). The highest BCUT2D eigenvalue weighted by Crippen LogP contribution is 2.39. The van der Waals surface area contributed by atoms with E-state index in [2.05, 4.69) is 51.9 Å². The molecule has 4 aromatic rings. The molecule has 0 fully saturated rings. The summed E-state index contributed by atoms with van der Waals surface area (Å²) in [5.74, 6) is 0.728. The molecule has 2 aromatic heterocycles. The summed E-state index contributed by atoms with van der Waals surface area (Å²) in [5.41, 5.74) is 3.90. The van der Waals surface area contributed by atoms with Crippen LogP contribution in [0.15, 0.2) is 53.9 Å².